The summed E-state index contributed by atoms with van der Waals surface area (Å²) in [7, 11) is -1.31. The molecule has 2 nitrogen and oxygen atoms in total. The second-order valence-electron chi connectivity index (χ2n) is 4.21. The molecule has 0 saturated heterocycles. The lowest BCUT2D eigenvalue weighted by atomic mass is 10.3. The summed E-state index contributed by atoms with van der Waals surface area (Å²) >= 11 is 0. The van der Waals surface area contributed by atoms with Gasteiger partial charge in [0.05, 0.1) is 6.61 Å². The summed E-state index contributed by atoms with van der Waals surface area (Å²) in [5, 5.41) is 8.82. The molecule has 0 aliphatic rings. The van der Waals surface area contributed by atoms with Gasteiger partial charge in [-0.05, 0) is 11.6 Å². The maximum Gasteiger partial charge on any atom is 0.129 e. The second kappa shape index (κ2) is 4.40. The molecule has 1 aromatic rings. The van der Waals surface area contributed by atoms with Crippen molar-refractivity contribution in [2.45, 2.75) is 26.2 Å². The molecule has 0 spiro atoms. The fourth-order valence-electron chi connectivity index (χ4n) is 0.843. The van der Waals surface area contributed by atoms with Crippen LogP contribution in [0.2, 0.25) is 19.6 Å². The van der Waals surface area contributed by atoms with Gasteiger partial charge in [0.25, 0.3) is 0 Å². The van der Waals surface area contributed by atoms with Crippen LogP contribution in [0.3, 0.4) is 0 Å². The van der Waals surface area contributed by atoms with Crippen molar-refractivity contribution in [1.29, 1.82) is 0 Å². The van der Waals surface area contributed by atoms with E-state index in [-0.39, 0.29) is 6.61 Å². The average molecular weight is 205 g/mol. The molecule has 0 unspecified atom stereocenters. The molecule has 0 atom stereocenters. The summed E-state index contributed by atoms with van der Waals surface area (Å²) in [6.07, 6.45) is 1.66. The van der Waals surface area contributed by atoms with E-state index in [1.165, 1.54) is 0 Å². The van der Waals surface area contributed by atoms with Crippen LogP contribution < -0.4 is 0 Å². The Labute approximate surface area is 86.0 Å². The first-order valence-corrected chi connectivity index (χ1v) is 8.10. The van der Waals surface area contributed by atoms with Crippen molar-refractivity contribution in [3.63, 3.8) is 0 Å². The molecule has 0 aliphatic carbocycles. The third kappa shape index (κ3) is 3.73. The predicted molar refractivity (Wildman–Crippen MR) is 60.4 cm³/mol. The topological polar surface area (TPSA) is 33.1 Å². The van der Waals surface area contributed by atoms with Crippen LogP contribution in [0.5, 0.6) is 0 Å². The normalized spacial score (nSPS) is 10.6. The molecular weight excluding hydrogens is 190 g/mol. The number of aliphatic hydroxyl groups excluding tert-OH is 1. The van der Waals surface area contributed by atoms with Gasteiger partial charge in [-0.1, -0.05) is 31.6 Å². The lowest BCUT2D eigenvalue weighted by Crippen LogP contribution is -2.16. The Balaban J connectivity index is 2.82. The zero-order valence-corrected chi connectivity index (χ0v) is 9.83. The Hall–Kier alpha value is -1.11. The molecule has 0 radical (unpaired) electrons. The highest BCUT2D eigenvalue weighted by Gasteiger charge is 2.07. The third-order valence-corrected chi connectivity index (χ3v) is 2.45. The predicted octanol–water partition coefficient (Wildman–Crippen LogP) is 1.80. The van der Waals surface area contributed by atoms with Gasteiger partial charge in [-0.2, -0.15) is 0 Å². The molecule has 1 N–H and O–H groups in total. The molecule has 1 rings (SSSR count). The van der Waals surface area contributed by atoms with Gasteiger partial charge in [0, 0.05) is 6.20 Å². The summed E-state index contributed by atoms with van der Waals surface area (Å²) in [5.41, 5.74) is 4.84. The van der Waals surface area contributed by atoms with E-state index in [1.807, 2.05) is 12.1 Å². The van der Waals surface area contributed by atoms with Gasteiger partial charge < -0.3 is 5.11 Å². The maximum absolute atomic E-state index is 8.82. The van der Waals surface area contributed by atoms with E-state index in [0.717, 1.165) is 11.3 Å². The van der Waals surface area contributed by atoms with Crippen LogP contribution in [0.4, 0.5) is 0 Å². The van der Waals surface area contributed by atoms with Gasteiger partial charge in [0.2, 0.25) is 0 Å². The molecule has 0 saturated carbocycles. The van der Waals surface area contributed by atoms with E-state index in [0.29, 0.717) is 0 Å². The Morgan fingerprint density at radius 2 is 2.07 bits per heavy atom. The first kappa shape index (κ1) is 11.0. The van der Waals surface area contributed by atoms with Gasteiger partial charge in [-0.15, -0.1) is 5.54 Å². The average Bonchev–Trinajstić information content (AvgIpc) is 2.14. The number of hydrogen-bond acceptors (Lipinski definition) is 2. The molecule has 0 fully saturated rings. The van der Waals surface area contributed by atoms with Crippen LogP contribution in [0.15, 0.2) is 18.3 Å². The molecule has 14 heavy (non-hydrogen) atoms. The maximum atomic E-state index is 8.82. The van der Waals surface area contributed by atoms with Gasteiger partial charge in [-0.3, -0.25) is 0 Å². The highest BCUT2D eigenvalue weighted by Crippen LogP contribution is 2.01. The van der Waals surface area contributed by atoms with E-state index >= 15 is 0 Å². The first-order valence-electron chi connectivity index (χ1n) is 4.60. The van der Waals surface area contributed by atoms with Crippen molar-refractivity contribution >= 4 is 8.07 Å². The Morgan fingerprint density at radius 3 is 2.50 bits per heavy atom. The lowest BCUT2D eigenvalue weighted by molar-refractivity contribution is 0.281. The first-order chi connectivity index (χ1) is 6.51. The quantitative estimate of drug-likeness (QED) is 0.560. The van der Waals surface area contributed by atoms with Crippen LogP contribution >= 0.6 is 0 Å². The van der Waals surface area contributed by atoms with E-state index in [1.54, 1.807) is 6.20 Å². The molecule has 0 bridgehead atoms. The monoisotopic (exact) mass is 205 g/mol. The second-order valence-corrected chi connectivity index (χ2v) is 8.96. The summed E-state index contributed by atoms with van der Waals surface area (Å²) < 4.78 is 0. The minimum Gasteiger partial charge on any atom is -0.392 e. The van der Waals surface area contributed by atoms with Crippen molar-refractivity contribution in [1.82, 2.24) is 4.98 Å². The highest BCUT2D eigenvalue weighted by molar-refractivity contribution is 6.83. The zero-order chi connectivity index (χ0) is 10.6. The number of aromatic nitrogens is 1. The molecule has 0 aromatic carbocycles. The minimum atomic E-state index is -1.31. The smallest absolute Gasteiger partial charge is 0.129 e. The van der Waals surface area contributed by atoms with Crippen molar-refractivity contribution < 1.29 is 5.11 Å². The number of hydrogen-bond donors (Lipinski definition) is 1. The van der Waals surface area contributed by atoms with Gasteiger partial charge in [0.1, 0.15) is 13.8 Å². The van der Waals surface area contributed by atoms with E-state index in [4.69, 9.17) is 5.11 Å². The van der Waals surface area contributed by atoms with Crippen LogP contribution in [-0.4, -0.2) is 18.2 Å². The number of nitrogens with zero attached hydrogens (tertiary/aromatic N) is 1. The van der Waals surface area contributed by atoms with E-state index in [2.05, 4.69) is 36.1 Å². The standard InChI is InChI=1S/C11H15NOSi/c1-14(2,3)7-6-11-5-4-10(9-13)8-12-11/h4-5,8,13H,9H2,1-3H3. The van der Waals surface area contributed by atoms with Gasteiger partial charge in [0.15, 0.2) is 0 Å². The molecule has 0 amide bonds. The summed E-state index contributed by atoms with van der Waals surface area (Å²) in [4.78, 5) is 4.14. The zero-order valence-electron chi connectivity index (χ0n) is 8.83. The van der Waals surface area contributed by atoms with Crippen LogP contribution in [-0.2, 0) is 6.61 Å². The third-order valence-electron chi connectivity index (χ3n) is 1.57. The number of rotatable bonds is 1. The summed E-state index contributed by atoms with van der Waals surface area (Å²) in [6, 6.07) is 3.69. The Morgan fingerprint density at radius 1 is 1.36 bits per heavy atom. The fourth-order valence-corrected chi connectivity index (χ4v) is 1.35. The van der Waals surface area contributed by atoms with E-state index < -0.39 is 8.07 Å². The van der Waals surface area contributed by atoms with Crippen molar-refractivity contribution in [3.8, 4) is 11.5 Å². The molecule has 1 aromatic heterocycles. The molecule has 0 aliphatic heterocycles. The molecule has 74 valence electrons. The molecule has 1 heterocycles. The number of aliphatic hydroxyl groups is 1. The SMILES string of the molecule is C[Si](C)(C)C#Cc1ccc(CO)cn1. The van der Waals surface area contributed by atoms with Crippen LogP contribution in [0.25, 0.3) is 0 Å². The lowest BCUT2D eigenvalue weighted by Gasteiger charge is -2.03. The fraction of sp³-hybridized carbons (Fsp3) is 0.364. The summed E-state index contributed by atoms with van der Waals surface area (Å²) in [5.74, 6) is 3.05. The van der Waals surface area contributed by atoms with Crippen molar-refractivity contribution in [3.05, 3.63) is 29.6 Å². The Bertz CT molecular complexity index is 354. The van der Waals surface area contributed by atoms with Crippen LogP contribution in [0, 0.1) is 11.5 Å². The summed E-state index contributed by atoms with van der Waals surface area (Å²) in [6.45, 7) is 6.63. The van der Waals surface area contributed by atoms with Crippen molar-refractivity contribution in [2.75, 3.05) is 0 Å². The minimum absolute atomic E-state index is 0.0364. The van der Waals surface area contributed by atoms with Gasteiger partial charge >= 0.3 is 0 Å². The van der Waals surface area contributed by atoms with Crippen LogP contribution in [0.1, 0.15) is 11.3 Å². The Kier molecular flexibility index (Phi) is 3.45. The van der Waals surface area contributed by atoms with E-state index in [9.17, 15) is 0 Å². The molecule has 3 heteroatoms. The largest absolute Gasteiger partial charge is 0.392 e. The molecular formula is C11H15NOSi. The van der Waals surface area contributed by atoms with Crippen molar-refractivity contribution in [2.24, 2.45) is 0 Å². The number of pyridine rings is 1. The highest BCUT2D eigenvalue weighted by atomic mass is 28.3. The van der Waals surface area contributed by atoms with Gasteiger partial charge in [-0.25, -0.2) is 4.98 Å².